The molecule has 1 aromatic heterocycles. The van der Waals surface area contributed by atoms with Crippen LogP contribution in [0.1, 0.15) is 31.4 Å². The van der Waals surface area contributed by atoms with Crippen molar-refractivity contribution in [1.29, 1.82) is 0 Å². The Labute approximate surface area is 90.5 Å². The SMILES string of the molecule is Cc1cccc(N[C@H]2CCCC[C@@H]2O)n1. The van der Waals surface area contributed by atoms with E-state index in [4.69, 9.17) is 0 Å². The molecule has 15 heavy (non-hydrogen) atoms. The van der Waals surface area contributed by atoms with Crippen molar-refractivity contribution in [3.05, 3.63) is 23.9 Å². The van der Waals surface area contributed by atoms with E-state index in [0.717, 1.165) is 30.8 Å². The minimum atomic E-state index is -0.221. The molecular formula is C12H18N2O. The lowest BCUT2D eigenvalue weighted by atomic mass is 9.92. The largest absolute Gasteiger partial charge is 0.391 e. The smallest absolute Gasteiger partial charge is 0.126 e. The molecule has 2 rings (SSSR count). The minimum absolute atomic E-state index is 0.174. The predicted molar refractivity (Wildman–Crippen MR) is 60.9 cm³/mol. The van der Waals surface area contributed by atoms with Gasteiger partial charge in [0, 0.05) is 5.69 Å². The lowest BCUT2D eigenvalue weighted by Crippen LogP contribution is -2.36. The van der Waals surface area contributed by atoms with Gasteiger partial charge in [0.2, 0.25) is 0 Å². The van der Waals surface area contributed by atoms with Gasteiger partial charge in [-0.25, -0.2) is 4.98 Å². The maximum atomic E-state index is 9.81. The highest BCUT2D eigenvalue weighted by molar-refractivity contribution is 5.36. The molecule has 2 N–H and O–H groups in total. The van der Waals surface area contributed by atoms with Gasteiger partial charge in [0.15, 0.2) is 0 Å². The number of hydrogen-bond acceptors (Lipinski definition) is 3. The third-order valence-electron chi connectivity index (χ3n) is 2.95. The average Bonchev–Trinajstić information content (AvgIpc) is 2.22. The summed E-state index contributed by atoms with van der Waals surface area (Å²) < 4.78 is 0. The van der Waals surface area contributed by atoms with Gasteiger partial charge in [-0.2, -0.15) is 0 Å². The number of pyridine rings is 1. The van der Waals surface area contributed by atoms with Crippen molar-refractivity contribution in [2.24, 2.45) is 0 Å². The molecule has 0 unspecified atom stereocenters. The fourth-order valence-electron chi connectivity index (χ4n) is 2.09. The Kier molecular flexibility index (Phi) is 3.21. The maximum Gasteiger partial charge on any atom is 0.126 e. The van der Waals surface area contributed by atoms with Crippen molar-refractivity contribution in [2.75, 3.05) is 5.32 Å². The van der Waals surface area contributed by atoms with E-state index in [1.54, 1.807) is 0 Å². The zero-order valence-corrected chi connectivity index (χ0v) is 9.11. The van der Waals surface area contributed by atoms with E-state index < -0.39 is 0 Å². The van der Waals surface area contributed by atoms with Crippen LogP contribution in [0.4, 0.5) is 5.82 Å². The number of nitrogens with one attached hydrogen (secondary N) is 1. The number of aliphatic hydroxyl groups excluding tert-OH is 1. The van der Waals surface area contributed by atoms with E-state index >= 15 is 0 Å². The van der Waals surface area contributed by atoms with E-state index in [0.29, 0.717) is 0 Å². The number of rotatable bonds is 2. The molecule has 1 heterocycles. The van der Waals surface area contributed by atoms with Gasteiger partial charge in [-0.05, 0) is 31.9 Å². The van der Waals surface area contributed by atoms with Gasteiger partial charge in [-0.1, -0.05) is 18.9 Å². The third-order valence-corrected chi connectivity index (χ3v) is 2.95. The first kappa shape index (κ1) is 10.4. The fourth-order valence-corrected chi connectivity index (χ4v) is 2.09. The van der Waals surface area contributed by atoms with Gasteiger partial charge in [0.1, 0.15) is 5.82 Å². The Morgan fingerprint density at radius 2 is 2.13 bits per heavy atom. The van der Waals surface area contributed by atoms with Crippen molar-refractivity contribution in [3.8, 4) is 0 Å². The molecule has 0 amide bonds. The van der Waals surface area contributed by atoms with Crippen LogP contribution in [0.3, 0.4) is 0 Å². The molecule has 1 fully saturated rings. The molecule has 0 aliphatic heterocycles. The Hall–Kier alpha value is -1.09. The summed E-state index contributed by atoms with van der Waals surface area (Å²) in [4.78, 5) is 4.38. The van der Waals surface area contributed by atoms with Crippen LogP contribution < -0.4 is 5.32 Å². The van der Waals surface area contributed by atoms with Crippen molar-refractivity contribution in [3.63, 3.8) is 0 Å². The first-order valence-corrected chi connectivity index (χ1v) is 5.64. The molecule has 0 bridgehead atoms. The summed E-state index contributed by atoms with van der Waals surface area (Å²) in [6.45, 7) is 1.97. The van der Waals surface area contributed by atoms with Crippen molar-refractivity contribution >= 4 is 5.82 Å². The molecule has 1 aliphatic rings. The molecule has 3 heteroatoms. The average molecular weight is 206 g/mol. The first-order chi connectivity index (χ1) is 7.25. The van der Waals surface area contributed by atoms with Gasteiger partial charge < -0.3 is 10.4 Å². The van der Waals surface area contributed by atoms with Crippen molar-refractivity contribution in [1.82, 2.24) is 4.98 Å². The molecule has 0 aromatic carbocycles. The highest BCUT2D eigenvalue weighted by Gasteiger charge is 2.22. The van der Waals surface area contributed by atoms with Crippen LogP contribution in [0.15, 0.2) is 18.2 Å². The van der Waals surface area contributed by atoms with Crippen LogP contribution in [0.5, 0.6) is 0 Å². The second-order valence-corrected chi connectivity index (χ2v) is 4.27. The first-order valence-electron chi connectivity index (χ1n) is 5.64. The number of nitrogens with zero attached hydrogens (tertiary/aromatic N) is 1. The molecular weight excluding hydrogens is 188 g/mol. The second-order valence-electron chi connectivity index (χ2n) is 4.27. The lowest BCUT2D eigenvalue weighted by Gasteiger charge is -2.28. The van der Waals surface area contributed by atoms with Crippen LogP contribution in [0, 0.1) is 6.92 Å². The molecule has 1 aromatic rings. The number of aliphatic hydroxyl groups is 1. The maximum absolute atomic E-state index is 9.81. The van der Waals surface area contributed by atoms with E-state index in [1.165, 1.54) is 6.42 Å². The van der Waals surface area contributed by atoms with E-state index in [-0.39, 0.29) is 12.1 Å². The van der Waals surface area contributed by atoms with Gasteiger partial charge in [0.05, 0.1) is 12.1 Å². The van der Waals surface area contributed by atoms with Gasteiger partial charge in [0.25, 0.3) is 0 Å². The summed E-state index contributed by atoms with van der Waals surface area (Å²) in [5, 5.41) is 13.1. The number of hydrogen-bond donors (Lipinski definition) is 2. The van der Waals surface area contributed by atoms with Gasteiger partial charge in [-0.3, -0.25) is 0 Å². The Balaban J connectivity index is 2.01. The van der Waals surface area contributed by atoms with Crippen LogP contribution in [-0.2, 0) is 0 Å². The topological polar surface area (TPSA) is 45.1 Å². The number of aromatic nitrogens is 1. The molecule has 1 aliphatic carbocycles. The second kappa shape index (κ2) is 4.62. The zero-order chi connectivity index (χ0) is 10.7. The van der Waals surface area contributed by atoms with Crippen molar-refractivity contribution in [2.45, 2.75) is 44.8 Å². The van der Waals surface area contributed by atoms with Gasteiger partial charge in [-0.15, -0.1) is 0 Å². The summed E-state index contributed by atoms with van der Waals surface area (Å²) >= 11 is 0. The van der Waals surface area contributed by atoms with E-state index in [2.05, 4.69) is 10.3 Å². The van der Waals surface area contributed by atoms with E-state index in [1.807, 2.05) is 25.1 Å². The summed E-state index contributed by atoms with van der Waals surface area (Å²) in [6, 6.07) is 6.09. The van der Waals surface area contributed by atoms with Crippen LogP contribution >= 0.6 is 0 Å². The highest BCUT2D eigenvalue weighted by Crippen LogP contribution is 2.21. The Morgan fingerprint density at radius 1 is 1.33 bits per heavy atom. The third kappa shape index (κ3) is 2.69. The number of anilines is 1. The zero-order valence-electron chi connectivity index (χ0n) is 9.11. The Bertz CT molecular complexity index is 327. The van der Waals surface area contributed by atoms with Crippen LogP contribution in [0.25, 0.3) is 0 Å². The molecule has 2 atom stereocenters. The van der Waals surface area contributed by atoms with Crippen LogP contribution in [-0.4, -0.2) is 22.2 Å². The quantitative estimate of drug-likeness (QED) is 0.779. The standard InChI is InChI=1S/C12H18N2O/c1-9-5-4-8-12(13-9)14-10-6-2-3-7-11(10)15/h4-5,8,10-11,15H,2-3,6-7H2,1H3,(H,13,14)/t10-,11-/m0/s1. The summed E-state index contributed by atoms with van der Waals surface area (Å²) in [5.41, 5.74) is 1.00. The molecule has 0 spiro atoms. The van der Waals surface area contributed by atoms with Crippen LogP contribution in [0.2, 0.25) is 0 Å². The lowest BCUT2D eigenvalue weighted by molar-refractivity contribution is 0.116. The minimum Gasteiger partial charge on any atom is -0.391 e. The van der Waals surface area contributed by atoms with Gasteiger partial charge >= 0.3 is 0 Å². The summed E-state index contributed by atoms with van der Waals surface area (Å²) in [5.74, 6) is 0.876. The molecule has 82 valence electrons. The Morgan fingerprint density at radius 3 is 2.87 bits per heavy atom. The summed E-state index contributed by atoms with van der Waals surface area (Å²) in [6.07, 6.45) is 4.06. The normalized spacial score (nSPS) is 26.3. The molecule has 0 saturated heterocycles. The molecule has 3 nitrogen and oxygen atoms in total. The predicted octanol–water partition coefficient (Wildman–Crippen LogP) is 2.11. The fraction of sp³-hybridized carbons (Fsp3) is 0.583. The highest BCUT2D eigenvalue weighted by atomic mass is 16.3. The number of aryl methyl sites for hydroxylation is 1. The molecule has 0 radical (unpaired) electrons. The van der Waals surface area contributed by atoms with E-state index in [9.17, 15) is 5.11 Å². The summed E-state index contributed by atoms with van der Waals surface area (Å²) in [7, 11) is 0. The van der Waals surface area contributed by atoms with Crippen molar-refractivity contribution < 1.29 is 5.11 Å². The monoisotopic (exact) mass is 206 g/mol. The molecule has 1 saturated carbocycles.